The van der Waals surface area contributed by atoms with Crippen LogP contribution in [0, 0.1) is 0 Å². The standard InChI is InChI=1S/C17H13ClN2O2/c1-20(14-5-3-2-4-6-14)17-19-16(21)11-15(22-17)12-7-9-13(18)10-8-12/h2-11H,1H3. The van der Waals surface area contributed by atoms with Gasteiger partial charge in [-0.2, -0.15) is 4.98 Å². The lowest BCUT2D eigenvalue weighted by Gasteiger charge is -2.16. The lowest BCUT2D eigenvalue weighted by Crippen LogP contribution is -2.16. The van der Waals surface area contributed by atoms with Crippen LogP contribution in [0.1, 0.15) is 0 Å². The lowest BCUT2D eigenvalue weighted by molar-refractivity contribution is 0.543. The van der Waals surface area contributed by atoms with Crippen LogP contribution < -0.4 is 10.5 Å². The van der Waals surface area contributed by atoms with Gasteiger partial charge in [-0.1, -0.05) is 29.8 Å². The van der Waals surface area contributed by atoms with Crippen LogP contribution >= 0.6 is 11.6 Å². The van der Waals surface area contributed by atoms with Crippen molar-refractivity contribution < 1.29 is 4.42 Å². The maximum atomic E-state index is 11.9. The Morgan fingerprint density at radius 3 is 2.41 bits per heavy atom. The number of hydrogen-bond donors (Lipinski definition) is 0. The number of rotatable bonds is 3. The van der Waals surface area contributed by atoms with Gasteiger partial charge in [-0.05, 0) is 36.4 Å². The van der Waals surface area contributed by atoms with Gasteiger partial charge < -0.3 is 4.42 Å². The zero-order chi connectivity index (χ0) is 15.5. The molecule has 0 amide bonds. The highest BCUT2D eigenvalue weighted by atomic mass is 35.5. The summed E-state index contributed by atoms with van der Waals surface area (Å²) >= 11 is 5.88. The predicted octanol–water partition coefficient (Wildman–Crippen LogP) is 4.12. The van der Waals surface area contributed by atoms with E-state index in [-0.39, 0.29) is 11.6 Å². The molecule has 22 heavy (non-hydrogen) atoms. The molecule has 0 atom stereocenters. The predicted molar refractivity (Wildman–Crippen MR) is 87.7 cm³/mol. The van der Waals surface area contributed by atoms with Crippen molar-refractivity contribution in [3.8, 4) is 11.3 Å². The molecule has 0 aliphatic carbocycles. The molecular formula is C17H13ClN2O2. The molecule has 0 fully saturated rings. The second-order valence-corrected chi connectivity index (χ2v) is 5.18. The van der Waals surface area contributed by atoms with Crippen molar-refractivity contribution in [3.63, 3.8) is 0 Å². The summed E-state index contributed by atoms with van der Waals surface area (Å²) in [7, 11) is 1.80. The maximum Gasteiger partial charge on any atom is 0.305 e. The van der Waals surface area contributed by atoms with Gasteiger partial charge in [0.05, 0.1) is 0 Å². The Hall–Kier alpha value is -2.59. The van der Waals surface area contributed by atoms with E-state index in [0.717, 1.165) is 11.3 Å². The SMILES string of the molecule is CN(c1ccccc1)c1nc(=O)cc(-c2ccc(Cl)cc2)o1. The van der Waals surface area contributed by atoms with Gasteiger partial charge in [0.1, 0.15) is 5.76 Å². The van der Waals surface area contributed by atoms with Crippen molar-refractivity contribution in [2.45, 2.75) is 0 Å². The van der Waals surface area contributed by atoms with Crippen molar-refractivity contribution in [2.24, 2.45) is 0 Å². The molecule has 0 unspecified atom stereocenters. The second kappa shape index (κ2) is 6.03. The number of nitrogens with zero attached hydrogens (tertiary/aromatic N) is 2. The van der Waals surface area contributed by atoms with Crippen molar-refractivity contribution in [1.29, 1.82) is 0 Å². The Morgan fingerprint density at radius 1 is 1.05 bits per heavy atom. The summed E-state index contributed by atoms with van der Waals surface area (Å²) < 4.78 is 5.77. The third-order valence-electron chi connectivity index (χ3n) is 3.22. The van der Waals surface area contributed by atoms with E-state index >= 15 is 0 Å². The Balaban J connectivity index is 2.03. The second-order valence-electron chi connectivity index (χ2n) is 4.74. The molecule has 0 aliphatic heterocycles. The normalized spacial score (nSPS) is 10.5. The zero-order valence-corrected chi connectivity index (χ0v) is 12.6. The Kier molecular flexibility index (Phi) is 3.94. The summed E-state index contributed by atoms with van der Waals surface area (Å²) in [5.41, 5.74) is 1.30. The average molecular weight is 313 g/mol. The fraction of sp³-hybridized carbons (Fsp3) is 0.0588. The van der Waals surface area contributed by atoms with E-state index in [1.807, 2.05) is 30.3 Å². The smallest absolute Gasteiger partial charge is 0.305 e. The van der Waals surface area contributed by atoms with Crippen LogP contribution in [0.3, 0.4) is 0 Å². The van der Waals surface area contributed by atoms with Gasteiger partial charge in [-0.25, -0.2) is 0 Å². The summed E-state index contributed by atoms with van der Waals surface area (Å²) in [6.45, 7) is 0. The van der Waals surface area contributed by atoms with Crippen LogP contribution in [-0.4, -0.2) is 12.0 Å². The first-order chi connectivity index (χ1) is 10.6. The Labute approximate surface area is 132 Å². The highest BCUT2D eigenvalue weighted by Gasteiger charge is 2.11. The topological polar surface area (TPSA) is 46.3 Å². The first-order valence-corrected chi connectivity index (χ1v) is 7.08. The molecule has 0 saturated heterocycles. The Morgan fingerprint density at radius 2 is 1.73 bits per heavy atom. The quantitative estimate of drug-likeness (QED) is 0.729. The van der Waals surface area contributed by atoms with Crippen molar-refractivity contribution in [2.75, 3.05) is 11.9 Å². The van der Waals surface area contributed by atoms with Gasteiger partial charge in [0.15, 0.2) is 0 Å². The molecule has 0 bridgehead atoms. The van der Waals surface area contributed by atoms with E-state index in [1.165, 1.54) is 6.07 Å². The van der Waals surface area contributed by atoms with Gasteiger partial charge in [0, 0.05) is 29.4 Å². The largest absolute Gasteiger partial charge is 0.425 e. The van der Waals surface area contributed by atoms with Gasteiger partial charge >= 0.3 is 6.01 Å². The molecule has 5 heteroatoms. The number of halogens is 1. The van der Waals surface area contributed by atoms with Gasteiger partial charge in [0.2, 0.25) is 0 Å². The van der Waals surface area contributed by atoms with E-state index in [1.54, 1.807) is 36.2 Å². The lowest BCUT2D eigenvalue weighted by atomic mass is 10.2. The summed E-state index contributed by atoms with van der Waals surface area (Å²) in [5.74, 6) is 0.453. The maximum absolute atomic E-state index is 11.9. The summed E-state index contributed by atoms with van der Waals surface area (Å²) in [6, 6.07) is 18.3. The van der Waals surface area contributed by atoms with Crippen molar-refractivity contribution in [3.05, 3.63) is 76.0 Å². The van der Waals surface area contributed by atoms with E-state index in [2.05, 4.69) is 4.98 Å². The summed E-state index contributed by atoms with van der Waals surface area (Å²) in [6.07, 6.45) is 0. The molecule has 0 N–H and O–H groups in total. The zero-order valence-electron chi connectivity index (χ0n) is 11.9. The first-order valence-electron chi connectivity index (χ1n) is 6.70. The monoisotopic (exact) mass is 312 g/mol. The van der Waals surface area contributed by atoms with Gasteiger partial charge in [-0.15, -0.1) is 0 Å². The van der Waals surface area contributed by atoms with E-state index in [4.69, 9.17) is 16.0 Å². The van der Waals surface area contributed by atoms with Crippen LogP contribution in [0.25, 0.3) is 11.3 Å². The van der Waals surface area contributed by atoms with Gasteiger partial charge in [-0.3, -0.25) is 9.69 Å². The average Bonchev–Trinajstić information content (AvgIpc) is 2.55. The van der Waals surface area contributed by atoms with E-state index in [0.29, 0.717) is 10.8 Å². The minimum Gasteiger partial charge on any atom is -0.425 e. The molecule has 1 heterocycles. The highest BCUT2D eigenvalue weighted by molar-refractivity contribution is 6.30. The Bertz CT molecular complexity index is 829. The first kappa shape index (κ1) is 14.4. The van der Waals surface area contributed by atoms with Crippen LogP contribution in [0.2, 0.25) is 5.02 Å². The summed E-state index contributed by atoms with van der Waals surface area (Å²) in [5, 5.41) is 0.627. The molecule has 3 aromatic rings. The van der Waals surface area contributed by atoms with Crippen LogP contribution in [0.15, 0.2) is 69.9 Å². The highest BCUT2D eigenvalue weighted by Crippen LogP contribution is 2.26. The molecular weight excluding hydrogens is 300 g/mol. The molecule has 0 spiro atoms. The number of anilines is 2. The fourth-order valence-corrected chi connectivity index (χ4v) is 2.18. The van der Waals surface area contributed by atoms with Crippen LogP contribution in [0.5, 0.6) is 0 Å². The molecule has 0 aliphatic rings. The van der Waals surface area contributed by atoms with E-state index in [9.17, 15) is 4.79 Å². The number of para-hydroxylation sites is 1. The molecule has 0 radical (unpaired) electrons. The van der Waals surface area contributed by atoms with E-state index < -0.39 is 0 Å². The number of benzene rings is 2. The summed E-state index contributed by atoms with van der Waals surface area (Å²) in [4.78, 5) is 17.5. The molecule has 2 aromatic carbocycles. The third kappa shape index (κ3) is 3.02. The molecule has 4 nitrogen and oxygen atoms in total. The molecule has 1 aromatic heterocycles. The fourth-order valence-electron chi connectivity index (χ4n) is 2.05. The van der Waals surface area contributed by atoms with Crippen molar-refractivity contribution in [1.82, 2.24) is 4.98 Å². The number of aromatic nitrogens is 1. The minimum absolute atomic E-state index is 0.239. The van der Waals surface area contributed by atoms with Crippen LogP contribution in [0.4, 0.5) is 11.7 Å². The van der Waals surface area contributed by atoms with Crippen LogP contribution in [-0.2, 0) is 0 Å². The third-order valence-corrected chi connectivity index (χ3v) is 3.47. The van der Waals surface area contributed by atoms with Gasteiger partial charge in [0.25, 0.3) is 5.56 Å². The molecule has 110 valence electrons. The minimum atomic E-state index is -0.353. The molecule has 3 rings (SSSR count). The van der Waals surface area contributed by atoms with Crippen molar-refractivity contribution >= 4 is 23.3 Å². The molecule has 0 saturated carbocycles. The number of hydrogen-bond acceptors (Lipinski definition) is 4.